The molecule has 1 nitrogen and oxygen atoms in total. The normalized spacial score (nSPS) is 30.4. The highest BCUT2D eigenvalue weighted by Gasteiger charge is 2.52. The van der Waals surface area contributed by atoms with Crippen LogP contribution in [0.3, 0.4) is 0 Å². The SMILES string of the molecule is CC(C)(C)C1CCC12CCN(C(C)(C)C)CC2. The van der Waals surface area contributed by atoms with Gasteiger partial charge in [-0.3, -0.25) is 4.90 Å². The largest absolute Gasteiger partial charge is 0.298 e. The van der Waals surface area contributed by atoms with Crippen LogP contribution in [-0.4, -0.2) is 23.5 Å². The summed E-state index contributed by atoms with van der Waals surface area (Å²) >= 11 is 0. The molecule has 1 saturated carbocycles. The van der Waals surface area contributed by atoms with Gasteiger partial charge in [0.05, 0.1) is 0 Å². The number of likely N-dealkylation sites (tertiary alicyclic amines) is 1. The zero-order valence-electron chi connectivity index (χ0n) is 12.8. The molecule has 1 spiro atoms. The van der Waals surface area contributed by atoms with Crippen molar-refractivity contribution in [3.05, 3.63) is 0 Å². The van der Waals surface area contributed by atoms with Gasteiger partial charge in [0, 0.05) is 5.54 Å². The van der Waals surface area contributed by atoms with E-state index >= 15 is 0 Å². The molecule has 2 rings (SSSR count). The van der Waals surface area contributed by atoms with Gasteiger partial charge in [-0.15, -0.1) is 0 Å². The van der Waals surface area contributed by atoms with E-state index in [1.807, 2.05) is 0 Å². The minimum Gasteiger partial charge on any atom is -0.298 e. The Morgan fingerprint density at radius 1 is 0.882 bits per heavy atom. The van der Waals surface area contributed by atoms with Crippen LogP contribution in [0.4, 0.5) is 0 Å². The van der Waals surface area contributed by atoms with Gasteiger partial charge in [0.2, 0.25) is 0 Å². The predicted octanol–water partition coefficient (Wildman–Crippen LogP) is 4.32. The molecule has 1 atom stereocenters. The third-order valence-corrected chi connectivity index (χ3v) is 5.42. The summed E-state index contributed by atoms with van der Waals surface area (Å²) in [4.78, 5) is 2.68. The fraction of sp³-hybridized carbons (Fsp3) is 1.00. The van der Waals surface area contributed by atoms with E-state index < -0.39 is 0 Å². The quantitative estimate of drug-likeness (QED) is 0.606. The Hall–Kier alpha value is -0.0400. The maximum atomic E-state index is 2.68. The third-order valence-electron chi connectivity index (χ3n) is 5.42. The van der Waals surface area contributed by atoms with Gasteiger partial charge >= 0.3 is 0 Å². The molecule has 0 amide bonds. The van der Waals surface area contributed by atoms with E-state index in [1.54, 1.807) is 0 Å². The molecule has 0 bridgehead atoms. The smallest absolute Gasteiger partial charge is 0.0125 e. The van der Waals surface area contributed by atoms with Gasteiger partial charge in [0.15, 0.2) is 0 Å². The van der Waals surface area contributed by atoms with E-state index in [2.05, 4.69) is 46.4 Å². The Morgan fingerprint density at radius 2 is 1.41 bits per heavy atom. The Balaban J connectivity index is 1.99. The third kappa shape index (κ3) is 2.41. The van der Waals surface area contributed by atoms with E-state index in [0.717, 1.165) is 5.92 Å². The Bertz CT molecular complexity index is 271. The van der Waals surface area contributed by atoms with E-state index in [-0.39, 0.29) is 0 Å². The van der Waals surface area contributed by atoms with Crippen LogP contribution >= 0.6 is 0 Å². The fourth-order valence-corrected chi connectivity index (χ4v) is 4.27. The average Bonchev–Trinajstić information content (AvgIpc) is 2.12. The molecule has 17 heavy (non-hydrogen) atoms. The molecular formula is C16H31N. The number of nitrogens with zero attached hydrogens (tertiary/aromatic N) is 1. The molecule has 1 aliphatic carbocycles. The molecule has 2 aliphatic rings. The number of hydrogen-bond donors (Lipinski definition) is 0. The lowest BCUT2D eigenvalue weighted by Gasteiger charge is -2.60. The highest BCUT2D eigenvalue weighted by atomic mass is 15.2. The van der Waals surface area contributed by atoms with E-state index in [4.69, 9.17) is 0 Å². The van der Waals surface area contributed by atoms with Gasteiger partial charge in [-0.2, -0.15) is 0 Å². The zero-order valence-corrected chi connectivity index (χ0v) is 12.8. The van der Waals surface area contributed by atoms with Crippen molar-refractivity contribution in [3.63, 3.8) is 0 Å². The topological polar surface area (TPSA) is 3.24 Å². The summed E-state index contributed by atoms with van der Waals surface area (Å²) in [5.74, 6) is 0.970. The van der Waals surface area contributed by atoms with Crippen LogP contribution in [0.1, 0.15) is 67.2 Å². The molecule has 1 unspecified atom stereocenters. The van der Waals surface area contributed by atoms with Crippen molar-refractivity contribution < 1.29 is 0 Å². The fourth-order valence-electron chi connectivity index (χ4n) is 4.27. The van der Waals surface area contributed by atoms with Crippen molar-refractivity contribution in [2.24, 2.45) is 16.7 Å². The van der Waals surface area contributed by atoms with Gasteiger partial charge in [0.1, 0.15) is 0 Å². The van der Waals surface area contributed by atoms with Crippen molar-refractivity contribution in [1.29, 1.82) is 0 Å². The van der Waals surface area contributed by atoms with Crippen LogP contribution in [-0.2, 0) is 0 Å². The minimum atomic E-state index is 0.364. The molecule has 0 radical (unpaired) electrons. The van der Waals surface area contributed by atoms with Crippen LogP contribution in [0, 0.1) is 16.7 Å². The van der Waals surface area contributed by atoms with E-state index in [0.29, 0.717) is 16.4 Å². The van der Waals surface area contributed by atoms with Crippen molar-refractivity contribution >= 4 is 0 Å². The van der Waals surface area contributed by atoms with Crippen molar-refractivity contribution in [2.75, 3.05) is 13.1 Å². The molecule has 0 aromatic rings. The molecule has 1 heteroatoms. The maximum Gasteiger partial charge on any atom is 0.0125 e. The Labute approximate surface area is 108 Å². The summed E-state index contributed by atoms with van der Waals surface area (Å²) < 4.78 is 0. The summed E-state index contributed by atoms with van der Waals surface area (Å²) in [6, 6.07) is 0. The summed E-state index contributed by atoms with van der Waals surface area (Å²) in [5, 5.41) is 0. The van der Waals surface area contributed by atoms with Crippen molar-refractivity contribution in [2.45, 2.75) is 72.8 Å². The molecule has 100 valence electrons. The summed E-state index contributed by atoms with van der Waals surface area (Å²) in [5.41, 5.74) is 1.59. The lowest BCUT2D eigenvalue weighted by atomic mass is 9.49. The lowest BCUT2D eigenvalue weighted by Crippen LogP contribution is -2.56. The molecule has 1 heterocycles. The Kier molecular flexibility index (Phi) is 3.14. The second-order valence-corrected chi connectivity index (χ2v) is 8.48. The standard InChI is InChI=1S/C16H31N/c1-14(2,3)13-7-8-16(13)9-11-17(12-10-16)15(4,5)6/h13H,7-12H2,1-6H3. The van der Waals surface area contributed by atoms with Crippen LogP contribution in [0.25, 0.3) is 0 Å². The van der Waals surface area contributed by atoms with Gasteiger partial charge < -0.3 is 0 Å². The molecule has 1 saturated heterocycles. The first-order chi connectivity index (χ1) is 7.65. The zero-order chi connectivity index (χ0) is 12.9. The second-order valence-electron chi connectivity index (χ2n) is 8.48. The van der Waals surface area contributed by atoms with Crippen LogP contribution in [0.15, 0.2) is 0 Å². The number of hydrogen-bond acceptors (Lipinski definition) is 1. The monoisotopic (exact) mass is 237 g/mol. The van der Waals surface area contributed by atoms with Crippen molar-refractivity contribution in [1.82, 2.24) is 4.90 Å². The van der Waals surface area contributed by atoms with E-state index in [9.17, 15) is 0 Å². The first-order valence-electron chi connectivity index (χ1n) is 7.40. The first-order valence-corrected chi connectivity index (χ1v) is 7.40. The van der Waals surface area contributed by atoms with Crippen LogP contribution < -0.4 is 0 Å². The number of piperidine rings is 1. The maximum absolute atomic E-state index is 2.68. The highest BCUT2D eigenvalue weighted by molar-refractivity contribution is 5.03. The second kappa shape index (κ2) is 3.98. The van der Waals surface area contributed by atoms with E-state index in [1.165, 1.54) is 38.8 Å². The summed E-state index contributed by atoms with van der Waals surface area (Å²) in [7, 11) is 0. The minimum absolute atomic E-state index is 0.364. The van der Waals surface area contributed by atoms with Gasteiger partial charge in [-0.1, -0.05) is 20.8 Å². The van der Waals surface area contributed by atoms with Crippen LogP contribution in [0.5, 0.6) is 0 Å². The van der Waals surface area contributed by atoms with Gasteiger partial charge in [0.25, 0.3) is 0 Å². The molecular weight excluding hydrogens is 206 g/mol. The van der Waals surface area contributed by atoms with Crippen LogP contribution in [0.2, 0.25) is 0 Å². The van der Waals surface area contributed by atoms with Gasteiger partial charge in [-0.05, 0) is 76.3 Å². The molecule has 1 aliphatic heterocycles. The molecule has 0 aromatic heterocycles. The first kappa shape index (κ1) is 13.4. The average molecular weight is 237 g/mol. The lowest BCUT2D eigenvalue weighted by molar-refractivity contribution is -0.0984. The number of rotatable bonds is 0. The van der Waals surface area contributed by atoms with Gasteiger partial charge in [-0.25, -0.2) is 0 Å². The predicted molar refractivity (Wildman–Crippen MR) is 75.2 cm³/mol. The van der Waals surface area contributed by atoms with Crippen molar-refractivity contribution in [3.8, 4) is 0 Å². The molecule has 2 fully saturated rings. The summed E-state index contributed by atoms with van der Waals surface area (Å²) in [6.07, 6.45) is 5.84. The molecule has 0 N–H and O–H groups in total. The summed E-state index contributed by atoms with van der Waals surface area (Å²) in [6.45, 7) is 17.0. The Morgan fingerprint density at radius 3 is 1.71 bits per heavy atom. The highest BCUT2D eigenvalue weighted by Crippen LogP contribution is 2.60. The molecule has 0 aromatic carbocycles.